The third kappa shape index (κ3) is 5.55. The summed E-state index contributed by atoms with van der Waals surface area (Å²) in [6.45, 7) is 10.4. The van der Waals surface area contributed by atoms with Gasteiger partial charge in [0, 0.05) is 58.1 Å². The molecule has 2 atom stereocenters. The number of rotatable bonds is 6. The Balaban J connectivity index is 0.00000274. The monoisotopic (exact) mass is 574 g/mol. The number of ether oxygens (including phenoxy) is 1. The number of hydrogen-bond acceptors (Lipinski definition) is 4. The molecule has 0 bridgehead atoms. The van der Waals surface area contributed by atoms with Crippen molar-refractivity contribution in [1.82, 2.24) is 24.5 Å². The number of hydrogen-bond donors (Lipinski definition) is 1. The fourth-order valence-corrected chi connectivity index (χ4v) is 4.97. The van der Waals surface area contributed by atoms with Crippen LogP contribution in [-0.2, 0) is 17.7 Å². The Morgan fingerprint density at radius 2 is 2.03 bits per heavy atom. The van der Waals surface area contributed by atoms with Crippen molar-refractivity contribution in [2.24, 2.45) is 4.99 Å². The Hall–Kier alpha value is -2.17. The summed E-state index contributed by atoms with van der Waals surface area (Å²) in [5.41, 5.74) is 4.67. The van der Waals surface area contributed by atoms with Crippen LogP contribution < -0.4 is 5.32 Å². The summed E-state index contributed by atoms with van der Waals surface area (Å²) in [6.07, 6.45) is 5.23. The number of pyridine rings is 1. The number of nitrogens with zero attached hydrogens (tertiary/aromatic N) is 5. The molecule has 0 spiro atoms. The van der Waals surface area contributed by atoms with E-state index >= 15 is 0 Å². The molecule has 2 unspecified atom stereocenters. The van der Waals surface area contributed by atoms with Gasteiger partial charge in [-0.2, -0.15) is 0 Å². The predicted molar refractivity (Wildman–Crippen MR) is 147 cm³/mol. The molecule has 8 heteroatoms. The number of guanidine groups is 1. The number of morpholine rings is 1. The highest BCUT2D eigenvalue weighted by atomic mass is 127. The summed E-state index contributed by atoms with van der Waals surface area (Å²) in [5.74, 6) is 0.982. The summed E-state index contributed by atoms with van der Waals surface area (Å²) in [7, 11) is 0. The topological polar surface area (TPSA) is 57.4 Å². The Kier molecular flexibility index (Phi) is 8.44. The van der Waals surface area contributed by atoms with Crippen LogP contribution in [0.4, 0.5) is 0 Å². The van der Waals surface area contributed by atoms with Gasteiger partial charge >= 0.3 is 0 Å². The fourth-order valence-electron chi connectivity index (χ4n) is 4.97. The molecule has 0 amide bonds. The van der Waals surface area contributed by atoms with Gasteiger partial charge in [0.25, 0.3) is 0 Å². The first-order valence-corrected chi connectivity index (χ1v) is 12.1. The van der Waals surface area contributed by atoms with E-state index in [4.69, 9.17) is 14.7 Å². The minimum absolute atomic E-state index is 0. The molecule has 2 aliphatic heterocycles. The van der Waals surface area contributed by atoms with E-state index in [0.717, 1.165) is 63.1 Å². The van der Waals surface area contributed by atoms with Gasteiger partial charge in [0.05, 0.1) is 24.4 Å². The van der Waals surface area contributed by atoms with Gasteiger partial charge in [0.2, 0.25) is 0 Å². The van der Waals surface area contributed by atoms with Crippen molar-refractivity contribution in [2.45, 2.75) is 39.0 Å². The van der Waals surface area contributed by atoms with Crippen molar-refractivity contribution in [3.63, 3.8) is 0 Å². The maximum atomic E-state index is 6.17. The number of aryl methyl sites for hydroxylation is 1. The van der Waals surface area contributed by atoms with Crippen LogP contribution in [0.3, 0.4) is 0 Å². The standard InChI is InChI=1S/C26H34N6O.HI/c1-3-27-26(28-12-11-22-17-31-13-7-8-20(2)25(31)29-22)32-18-23-24(19-32)33-15-14-30(23)16-21-9-5-4-6-10-21;/h4-10,13,17,23-24H,3,11-12,14-16,18-19H2,1-2H3,(H,27,28);1H. The van der Waals surface area contributed by atoms with Crippen LogP contribution in [0.15, 0.2) is 59.9 Å². The zero-order chi connectivity index (χ0) is 22.6. The molecule has 34 heavy (non-hydrogen) atoms. The van der Waals surface area contributed by atoms with Crippen LogP contribution in [0.2, 0.25) is 0 Å². The third-order valence-corrected chi connectivity index (χ3v) is 6.64. The molecule has 2 aromatic heterocycles. The number of likely N-dealkylation sites (tertiary alicyclic amines) is 1. The van der Waals surface area contributed by atoms with Crippen molar-refractivity contribution in [2.75, 3.05) is 39.3 Å². The SMILES string of the molecule is CCNC(=NCCc1cn2cccc(C)c2n1)N1CC2OCCN(Cc3ccccc3)C2C1.I. The maximum absolute atomic E-state index is 6.17. The van der Waals surface area contributed by atoms with Gasteiger partial charge in [-0.3, -0.25) is 9.89 Å². The number of benzene rings is 1. The molecule has 2 aliphatic rings. The molecule has 7 nitrogen and oxygen atoms in total. The second-order valence-corrected chi connectivity index (χ2v) is 8.98. The fraction of sp³-hybridized carbons (Fsp3) is 0.462. The summed E-state index contributed by atoms with van der Waals surface area (Å²) in [5, 5.41) is 3.50. The largest absolute Gasteiger partial charge is 0.373 e. The Morgan fingerprint density at radius 3 is 2.82 bits per heavy atom. The number of aromatic nitrogens is 2. The second kappa shape index (κ2) is 11.5. The smallest absolute Gasteiger partial charge is 0.194 e. The summed E-state index contributed by atoms with van der Waals surface area (Å²) in [6, 6.07) is 15.3. The summed E-state index contributed by atoms with van der Waals surface area (Å²) in [4.78, 5) is 14.7. The predicted octanol–water partition coefficient (Wildman–Crippen LogP) is 3.35. The number of fused-ring (bicyclic) bond motifs is 2. The molecule has 2 saturated heterocycles. The lowest BCUT2D eigenvalue weighted by Gasteiger charge is -2.36. The molecule has 0 radical (unpaired) electrons. The Labute approximate surface area is 219 Å². The molecule has 3 aromatic rings. The van der Waals surface area contributed by atoms with Crippen LogP contribution in [0, 0.1) is 6.92 Å². The van der Waals surface area contributed by atoms with Crippen LogP contribution in [0.1, 0.15) is 23.7 Å². The van der Waals surface area contributed by atoms with Gasteiger partial charge in [-0.1, -0.05) is 36.4 Å². The summed E-state index contributed by atoms with van der Waals surface area (Å²) < 4.78 is 8.27. The average Bonchev–Trinajstić information content (AvgIpc) is 3.45. The van der Waals surface area contributed by atoms with Gasteiger partial charge in [-0.15, -0.1) is 24.0 Å². The lowest BCUT2D eigenvalue weighted by atomic mass is 10.1. The normalized spacial score (nSPS) is 20.9. The Morgan fingerprint density at radius 1 is 1.18 bits per heavy atom. The van der Waals surface area contributed by atoms with Crippen molar-refractivity contribution in [3.05, 3.63) is 71.7 Å². The highest BCUT2D eigenvalue weighted by Gasteiger charge is 2.41. The van der Waals surface area contributed by atoms with Gasteiger partial charge in [0.1, 0.15) is 5.65 Å². The van der Waals surface area contributed by atoms with Crippen LogP contribution >= 0.6 is 24.0 Å². The number of nitrogens with one attached hydrogen (secondary N) is 1. The van der Waals surface area contributed by atoms with E-state index in [-0.39, 0.29) is 30.1 Å². The first-order chi connectivity index (χ1) is 16.2. The molecule has 2 fully saturated rings. The number of imidazole rings is 1. The summed E-state index contributed by atoms with van der Waals surface area (Å²) >= 11 is 0. The Bertz CT molecular complexity index is 1100. The van der Waals surface area contributed by atoms with E-state index < -0.39 is 0 Å². The molecule has 4 heterocycles. The first-order valence-electron chi connectivity index (χ1n) is 12.1. The zero-order valence-corrected chi connectivity index (χ0v) is 22.4. The van der Waals surface area contributed by atoms with Crippen molar-refractivity contribution >= 4 is 35.6 Å². The molecule has 1 N–H and O–H groups in total. The van der Waals surface area contributed by atoms with E-state index in [9.17, 15) is 0 Å². The molecule has 5 rings (SSSR count). The number of aliphatic imine (C=N–C) groups is 1. The van der Waals surface area contributed by atoms with Crippen molar-refractivity contribution in [3.8, 4) is 0 Å². The highest BCUT2D eigenvalue weighted by molar-refractivity contribution is 14.0. The van der Waals surface area contributed by atoms with E-state index in [1.165, 1.54) is 11.1 Å². The van der Waals surface area contributed by atoms with E-state index in [2.05, 4.69) is 88.2 Å². The number of halogens is 1. The molecular weight excluding hydrogens is 539 g/mol. The lowest BCUT2D eigenvalue weighted by Crippen LogP contribution is -2.50. The van der Waals surface area contributed by atoms with E-state index in [0.29, 0.717) is 12.6 Å². The first kappa shape index (κ1) is 24.9. The van der Waals surface area contributed by atoms with Crippen LogP contribution in [0.25, 0.3) is 5.65 Å². The van der Waals surface area contributed by atoms with E-state index in [1.54, 1.807) is 0 Å². The van der Waals surface area contributed by atoms with Crippen LogP contribution in [-0.4, -0.2) is 76.6 Å². The van der Waals surface area contributed by atoms with Gasteiger partial charge < -0.3 is 19.4 Å². The quantitative estimate of drug-likeness (QED) is 0.278. The molecular formula is C26H35IN6O. The minimum Gasteiger partial charge on any atom is -0.373 e. The van der Waals surface area contributed by atoms with Gasteiger partial charge in [0.15, 0.2) is 5.96 Å². The van der Waals surface area contributed by atoms with Gasteiger partial charge in [-0.05, 0) is 31.0 Å². The maximum Gasteiger partial charge on any atom is 0.194 e. The molecule has 182 valence electrons. The highest BCUT2D eigenvalue weighted by Crippen LogP contribution is 2.24. The second-order valence-electron chi connectivity index (χ2n) is 8.98. The lowest BCUT2D eigenvalue weighted by molar-refractivity contribution is -0.0502. The molecule has 1 aromatic carbocycles. The average molecular weight is 575 g/mol. The minimum atomic E-state index is 0. The zero-order valence-electron chi connectivity index (χ0n) is 20.1. The molecule has 0 saturated carbocycles. The van der Waals surface area contributed by atoms with E-state index in [1.807, 2.05) is 0 Å². The van der Waals surface area contributed by atoms with Crippen molar-refractivity contribution < 1.29 is 4.74 Å². The van der Waals surface area contributed by atoms with Crippen LogP contribution in [0.5, 0.6) is 0 Å². The van der Waals surface area contributed by atoms with Gasteiger partial charge in [-0.25, -0.2) is 4.98 Å². The molecule has 0 aliphatic carbocycles. The third-order valence-electron chi connectivity index (χ3n) is 6.64. The van der Waals surface area contributed by atoms with Crippen molar-refractivity contribution in [1.29, 1.82) is 0 Å².